The van der Waals surface area contributed by atoms with Gasteiger partial charge in [0.15, 0.2) is 0 Å². The zero-order valence-corrected chi connectivity index (χ0v) is 13.0. The molecule has 1 unspecified atom stereocenters. The van der Waals surface area contributed by atoms with E-state index in [1.165, 1.54) is 0 Å². The van der Waals surface area contributed by atoms with Crippen molar-refractivity contribution < 1.29 is 9.53 Å². The number of thiocarbonyl (C=S) groups is 1. The van der Waals surface area contributed by atoms with Gasteiger partial charge in [0.25, 0.3) is 0 Å². The van der Waals surface area contributed by atoms with Crippen LogP contribution < -0.4 is 11.1 Å². The lowest BCUT2D eigenvalue weighted by molar-refractivity contribution is -0.117. The summed E-state index contributed by atoms with van der Waals surface area (Å²) in [6.45, 7) is 4.76. The first-order valence-corrected chi connectivity index (χ1v) is 7.49. The number of carbonyl (C=O) groups excluding carboxylic acids is 1. The minimum absolute atomic E-state index is 0.0622. The lowest BCUT2D eigenvalue weighted by Gasteiger charge is -2.21. The van der Waals surface area contributed by atoms with E-state index < -0.39 is 0 Å². The summed E-state index contributed by atoms with van der Waals surface area (Å²) >= 11 is 5.00. The van der Waals surface area contributed by atoms with Gasteiger partial charge in [0.2, 0.25) is 5.91 Å². The van der Waals surface area contributed by atoms with E-state index >= 15 is 0 Å². The molecule has 1 saturated heterocycles. The molecule has 0 aliphatic carbocycles. The Kier molecular flexibility index (Phi) is 5.67. The van der Waals surface area contributed by atoms with Crippen LogP contribution in [0.1, 0.15) is 18.9 Å². The Morgan fingerprint density at radius 3 is 3.05 bits per heavy atom. The van der Waals surface area contributed by atoms with Crippen LogP contribution in [0.15, 0.2) is 24.3 Å². The fourth-order valence-electron chi connectivity index (χ4n) is 2.42. The summed E-state index contributed by atoms with van der Waals surface area (Å²) in [5.41, 5.74) is 7.02. The van der Waals surface area contributed by atoms with E-state index in [4.69, 9.17) is 22.7 Å². The molecule has 0 bridgehead atoms. The summed E-state index contributed by atoms with van der Waals surface area (Å²) in [5.74, 6) is -0.0622. The van der Waals surface area contributed by atoms with Crippen molar-refractivity contribution in [3.8, 4) is 0 Å². The van der Waals surface area contributed by atoms with E-state index in [1.54, 1.807) is 12.1 Å². The van der Waals surface area contributed by atoms with Crippen LogP contribution in [0.3, 0.4) is 0 Å². The number of hydrogen-bond donors (Lipinski definition) is 2. The summed E-state index contributed by atoms with van der Waals surface area (Å²) in [4.78, 5) is 14.6. The lowest BCUT2D eigenvalue weighted by atomic mass is 10.2. The average molecular weight is 307 g/mol. The van der Waals surface area contributed by atoms with E-state index in [1.807, 2.05) is 19.1 Å². The van der Waals surface area contributed by atoms with E-state index in [0.717, 1.165) is 26.1 Å². The van der Waals surface area contributed by atoms with Crippen molar-refractivity contribution in [3.05, 3.63) is 29.8 Å². The van der Waals surface area contributed by atoms with E-state index in [-0.39, 0.29) is 17.0 Å². The fourth-order valence-corrected chi connectivity index (χ4v) is 2.60. The first-order valence-electron chi connectivity index (χ1n) is 7.09. The van der Waals surface area contributed by atoms with Crippen molar-refractivity contribution in [2.75, 3.05) is 31.6 Å². The molecule has 1 aromatic carbocycles. The van der Waals surface area contributed by atoms with Crippen molar-refractivity contribution >= 4 is 28.8 Å². The molecule has 1 amide bonds. The molecule has 1 aliphatic heterocycles. The molecule has 0 saturated carbocycles. The smallest absolute Gasteiger partial charge is 0.238 e. The van der Waals surface area contributed by atoms with Gasteiger partial charge in [-0.3, -0.25) is 9.69 Å². The van der Waals surface area contributed by atoms with Crippen LogP contribution in [-0.4, -0.2) is 48.1 Å². The number of amides is 1. The van der Waals surface area contributed by atoms with Gasteiger partial charge in [0, 0.05) is 25.3 Å². The molecule has 0 radical (unpaired) electrons. The zero-order chi connectivity index (χ0) is 15.2. The molecule has 2 rings (SSSR count). The number of para-hydroxylation sites is 1. The lowest BCUT2D eigenvalue weighted by Crippen LogP contribution is -2.37. The van der Waals surface area contributed by atoms with Crippen molar-refractivity contribution in [1.29, 1.82) is 0 Å². The molecule has 5 nitrogen and oxygen atoms in total. The van der Waals surface area contributed by atoms with Gasteiger partial charge in [-0.05, 0) is 25.5 Å². The third-order valence-corrected chi connectivity index (χ3v) is 3.59. The molecule has 1 aromatic rings. The Labute approximate surface area is 130 Å². The predicted octanol–water partition coefficient (Wildman–Crippen LogP) is 1.37. The molecule has 1 heterocycles. The molecule has 1 atom stereocenters. The van der Waals surface area contributed by atoms with Crippen LogP contribution >= 0.6 is 12.2 Å². The highest BCUT2D eigenvalue weighted by molar-refractivity contribution is 7.80. The van der Waals surface area contributed by atoms with Crippen molar-refractivity contribution in [1.82, 2.24) is 4.90 Å². The Bertz CT molecular complexity index is 521. The summed E-state index contributed by atoms with van der Waals surface area (Å²) in [6, 6.07) is 7.30. The largest absolute Gasteiger partial charge is 0.389 e. The predicted molar refractivity (Wildman–Crippen MR) is 87.4 cm³/mol. The summed E-state index contributed by atoms with van der Waals surface area (Å²) < 4.78 is 5.58. The Morgan fingerprint density at radius 2 is 2.29 bits per heavy atom. The van der Waals surface area contributed by atoms with Gasteiger partial charge in [0.05, 0.1) is 18.3 Å². The molecule has 0 spiro atoms. The van der Waals surface area contributed by atoms with Gasteiger partial charge in [-0.15, -0.1) is 0 Å². The van der Waals surface area contributed by atoms with Crippen LogP contribution in [0, 0.1) is 0 Å². The average Bonchev–Trinajstić information content (AvgIpc) is 2.63. The number of hydrogen-bond acceptors (Lipinski definition) is 4. The second kappa shape index (κ2) is 7.49. The number of nitrogens with zero attached hydrogens (tertiary/aromatic N) is 1. The number of nitrogens with one attached hydrogen (secondary N) is 1. The van der Waals surface area contributed by atoms with Gasteiger partial charge < -0.3 is 15.8 Å². The summed E-state index contributed by atoms with van der Waals surface area (Å²) in [5, 5.41) is 2.89. The highest BCUT2D eigenvalue weighted by Gasteiger charge is 2.18. The second-order valence-corrected chi connectivity index (χ2v) is 5.67. The van der Waals surface area contributed by atoms with E-state index in [0.29, 0.717) is 17.8 Å². The number of rotatable bonds is 4. The topological polar surface area (TPSA) is 67.6 Å². The maximum absolute atomic E-state index is 12.2. The summed E-state index contributed by atoms with van der Waals surface area (Å²) in [7, 11) is 0. The van der Waals surface area contributed by atoms with Crippen molar-refractivity contribution in [2.45, 2.75) is 19.4 Å². The third kappa shape index (κ3) is 4.77. The van der Waals surface area contributed by atoms with Gasteiger partial charge in [-0.25, -0.2) is 0 Å². The highest BCUT2D eigenvalue weighted by Crippen LogP contribution is 2.15. The minimum Gasteiger partial charge on any atom is -0.389 e. The Hall–Kier alpha value is -1.50. The monoisotopic (exact) mass is 307 g/mol. The third-order valence-electron chi connectivity index (χ3n) is 3.37. The van der Waals surface area contributed by atoms with Crippen LogP contribution in [0.4, 0.5) is 5.69 Å². The molecular weight excluding hydrogens is 286 g/mol. The standard InChI is InChI=1S/C15H21N3O2S/c1-11-9-18(7-4-8-20-11)10-14(19)17-13-6-3-2-5-12(13)15(16)21/h2-3,5-6,11H,4,7-10H2,1H3,(H2,16,21)(H,17,19). The zero-order valence-electron chi connectivity index (χ0n) is 12.2. The Morgan fingerprint density at radius 1 is 1.52 bits per heavy atom. The van der Waals surface area contributed by atoms with E-state index in [9.17, 15) is 4.79 Å². The molecule has 114 valence electrons. The van der Waals surface area contributed by atoms with Crippen LogP contribution in [0.25, 0.3) is 0 Å². The minimum atomic E-state index is -0.0622. The number of anilines is 1. The van der Waals surface area contributed by atoms with Gasteiger partial charge in [-0.2, -0.15) is 0 Å². The molecule has 3 N–H and O–H groups in total. The molecule has 1 fully saturated rings. The number of ether oxygens (including phenoxy) is 1. The second-order valence-electron chi connectivity index (χ2n) is 5.23. The highest BCUT2D eigenvalue weighted by atomic mass is 32.1. The first-order chi connectivity index (χ1) is 10.1. The van der Waals surface area contributed by atoms with Gasteiger partial charge >= 0.3 is 0 Å². The molecule has 0 aromatic heterocycles. The van der Waals surface area contributed by atoms with Crippen LogP contribution in [0.5, 0.6) is 0 Å². The molecule has 21 heavy (non-hydrogen) atoms. The first kappa shape index (κ1) is 15.9. The Balaban J connectivity index is 1.97. The normalized spacial score (nSPS) is 19.8. The van der Waals surface area contributed by atoms with Crippen molar-refractivity contribution in [2.24, 2.45) is 5.73 Å². The number of nitrogens with two attached hydrogens (primary N) is 1. The van der Waals surface area contributed by atoms with Crippen LogP contribution in [-0.2, 0) is 9.53 Å². The fraction of sp³-hybridized carbons (Fsp3) is 0.467. The van der Waals surface area contributed by atoms with E-state index in [2.05, 4.69) is 10.2 Å². The number of carbonyl (C=O) groups is 1. The molecule has 6 heteroatoms. The van der Waals surface area contributed by atoms with Gasteiger partial charge in [-0.1, -0.05) is 24.4 Å². The molecule has 1 aliphatic rings. The van der Waals surface area contributed by atoms with Crippen molar-refractivity contribution in [3.63, 3.8) is 0 Å². The maximum Gasteiger partial charge on any atom is 0.238 e. The number of benzene rings is 1. The van der Waals surface area contributed by atoms with Gasteiger partial charge in [0.1, 0.15) is 4.99 Å². The molecular formula is C15H21N3O2S. The maximum atomic E-state index is 12.2. The van der Waals surface area contributed by atoms with Crippen LogP contribution in [0.2, 0.25) is 0 Å². The quantitative estimate of drug-likeness (QED) is 0.822. The summed E-state index contributed by atoms with van der Waals surface area (Å²) in [6.07, 6.45) is 1.10. The SMILES string of the molecule is CC1CN(CC(=O)Nc2ccccc2C(N)=S)CCCO1.